The SMILES string of the molecule is CNC(=O)[C@]1(C)CC[C@@H](Nc2ncc3c(Br)nn(-c4ccc(-n5cccn5)cc4)c3n2)C1. The van der Waals surface area contributed by atoms with Crippen molar-refractivity contribution in [3.63, 3.8) is 0 Å². The predicted molar refractivity (Wildman–Crippen MR) is 125 cm³/mol. The number of carbonyl (C=O) groups excluding carboxylic acids is 1. The average molecular weight is 495 g/mol. The van der Waals surface area contributed by atoms with Crippen LogP contribution in [0.2, 0.25) is 0 Å². The molecule has 3 heterocycles. The molecular formula is C22H23BrN8O. The molecule has 5 rings (SSSR count). The second-order valence-corrected chi connectivity index (χ2v) is 9.08. The Labute approximate surface area is 193 Å². The van der Waals surface area contributed by atoms with E-state index in [0.717, 1.165) is 36.0 Å². The van der Waals surface area contributed by atoms with Crippen LogP contribution in [-0.2, 0) is 4.79 Å². The van der Waals surface area contributed by atoms with E-state index in [9.17, 15) is 4.79 Å². The molecule has 0 unspecified atom stereocenters. The summed E-state index contributed by atoms with van der Waals surface area (Å²) in [5, 5.41) is 15.9. The van der Waals surface area contributed by atoms with Gasteiger partial charge in [-0.05, 0) is 65.5 Å². The van der Waals surface area contributed by atoms with Crippen LogP contribution in [0.5, 0.6) is 0 Å². The number of aromatic nitrogens is 6. The van der Waals surface area contributed by atoms with E-state index >= 15 is 0 Å². The maximum atomic E-state index is 12.2. The van der Waals surface area contributed by atoms with Gasteiger partial charge in [-0.2, -0.15) is 15.2 Å². The zero-order valence-electron chi connectivity index (χ0n) is 17.8. The molecule has 10 heteroatoms. The minimum atomic E-state index is -0.363. The van der Waals surface area contributed by atoms with Gasteiger partial charge in [-0.15, -0.1) is 0 Å². The van der Waals surface area contributed by atoms with Crippen molar-refractivity contribution in [3.05, 3.63) is 53.5 Å². The van der Waals surface area contributed by atoms with Crippen molar-refractivity contribution in [2.45, 2.75) is 32.2 Å². The first-order valence-corrected chi connectivity index (χ1v) is 11.3. The van der Waals surface area contributed by atoms with Crippen LogP contribution in [0.25, 0.3) is 22.4 Å². The van der Waals surface area contributed by atoms with Gasteiger partial charge in [-0.25, -0.2) is 14.3 Å². The molecule has 2 N–H and O–H groups in total. The lowest BCUT2D eigenvalue weighted by atomic mass is 9.87. The third-order valence-electron chi connectivity index (χ3n) is 6.09. The highest BCUT2D eigenvalue weighted by Crippen LogP contribution is 2.39. The summed E-state index contributed by atoms with van der Waals surface area (Å²) in [6, 6.07) is 9.97. The molecule has 9 nitrogen and oxygen atoms in total. The minimum absolute atomic E-state index is 0.0822. The number of nitrogens with zero attached hydrogens (tertiary/aromatic N) is 6. The number of nitrogens with one attached hydrogen (secondary N) is 2. The highest BCUT2D eigenvalue weighted by atomic mass is 79.9. The van der Waals surface area contributed by atoms with Crippen LogP contribution < -0.4 is 10.6 Å². The van der Waals surface area contributed by atoms with Crippen molar-refractivity contribution in [1.29, 1.82) is 0 Å². The Morgan fingerprint density at radius 2 is 2.03 bits per heavy atom. The molecule has 2 atom stereocenters. The number of fused-ring (bicyclic) bond motifs is 1. The largest absolute Gasteiger partial charge is 0.359 e. The van der Waals surface area contributed by atoms with E-state index in [-0.39, 0.29) is 17.4 Å². The Kier molecular flexibility index (Phi) is 5.16. The molecule has 4 aromatic rings. The Morgan fingerprint density at radius 1 is 1.25 bits per heavy atom. The normalized spacial score (nSPS) is 20.5. The highest BCUT2D eigenvalue weighted by molar-refractivity contribution is 9.10. The Balaban J connectivity index is 1.42. The number of anilines is 1. The molecule has 1 aliphatic rings. The van der Waals surface area contributed by atoms with Crippen molar-refractivity contribution < 1.29 is 4.79 Å². The van der Waals surface area contributed by atoms with Gasteiger partial charge in [0.25, 0.3) is 0 Å². The topological polar surface area (TPSA) is 103 Å². The van der Waals surface area contributed by atoms with Crippen LogP contribution in [0.4, 0.5) is 5.95 Å². The first-order chi connectivity index (χ1) is 15.5. The van der Waals surface area contributed by atoms with E-state index < -0.39 is 0 Å². The number of benzene rings is 1. The van der Waals surface area contributed by atoms with E-state index in [1.807, 2.05) is 43.5 Å². The van der Waals surface area contributed by atoms with E-state index in [1.165, 1.54) is 0 Å². The molecule has 1 saturated carbocycles. The summed E-state index contributed by atoms with van der Waals surface area (Å²) in [5.41, 5.74) is 2.19. The average Bonchev–Trinajstić information content (AvgIpc) is 3.54. The van der Waals surface area contributed by atoms with Crippen molar-refractivity contribution in [2.75, 3.05) is 12.4 Å². The van der Waals surface area contributed by atoms with Crippen LogP contribution in [0.3, 0.4) is 0 Å². The highest BCUT2D eigenvalue weighted by Gasteiger charge is 2.40. The molecule has 3 aromatic heterocycles. The third kappa shape index (κ3) is 3.64. The molecule has 164 valence electrons. The van der Waals surface area contributed by atoms with E-state index in [1.54, 1.807) is 28.8 Å². The van der Waals surface area contributed by atoms with Crippen LogP contribution in [-0.4, -0.2) is 48.5 Å². The maximum Gasteiger partial charge on any atom is 0.225 e. The van der Waals surface area contributed by atoms with Gasteiger partial charge in [-0.3, -0.25) is 4.79 Å². The smallest absolute Gasteiger partial charge is 0.225 e. The molecular weight excluding hydrogens is 472 g/mol. The number of carbonyl (C=O) groups is 1. The molecule has 1 aliphatic carbocycles. The fourth-order valence-electron chi connectivity index (χ4n) is 4.34. The standard InChI is InChI=1S/C22H23BrN8O/c1-22(20(32)24-2)9-8-14(12-22)27-21-25-13-17-18(23)29-31(19(17)28-21)16-6-4-15(5-7-16)30-11-3-10-26-30/h3-7,10-11,13-14H,8-9,12H2,1-2H3,(H,24,32)(H,25,27,28)/t14-,22-/m1/s1. The molecule has 0 spiro atoms. The lowest BCUT2D eigenvalue weighted by molar-refractivity contribution is -0.129. The van der Waals surface area contributed by atoms with Crippen molar-refractivity contribution in [2.24, 2.45) is 5.41 Å². The van der Waals surface area contributed by atoms with E-state index in [4.69, 9.17) is 4.98 Å². The summed E-state index contributed by atoms with van der Waals surface area (Å²) in [4.78, 5) is 21.5. The zero-order valence-corrected chi connectivity index (χ0v) is 19.4. The third-order valence-corrected chi connectivity index (χ3v) is 6.68. The lowest BCUT2D eigenvalue weighted by Crippen LogP contribution is -2.35. The molecule has 0 saturated heterocycles. The molecule has 32 heavy (non-hydrogen) atoms. The van der Waals surface area contributed by atoms with Gasteiger partial charge in [-0.1, -0.05) is 6.92 Å². The fourth-order valence-corrected chi connectivity index (χ4v) is 4.78. The summed E-state index contributed by atoms with van der Waals surface area (Å²) in [7, 11) is 1.69. The van der Waals surface area contributed by atoms with Crippen LogP contribution in [0.1, 0.15) is 26.2 Å². The van der Waals surface area contributed by atoms with Crippen LogP contribution in [0, 0.1) is 5.41 Å². The van der Waals surface area contributed by atoms with Gasteiger partial charge in [0.1, 0.15) is 4.60 Å². The molecule has 1 fully saturated rings. The predicted octanol–water partition coefficient (Wildman–Crippen LogP) is 3.48. The second-order valence-electron chi connectivity index (χ2n) is 8.32. The first kappa shape index (κ1) is 20.6. The summed E-state index contributed by atoms with van der Waals surface area (Å²) in [6.45, 7) is 2.01. The molecule has 1 aromatic carbocycles. The Hall–Kier alpha value is -3.27. The van der Waals surface area contributed by atoms with Crippen LogP contribution in [0.15, 0.2) is 53.5 Å². The number of halogens is 1. The first-order valence-electron chi connectivity index (χ1n) is 10.5. The Morgan fingerprint density at radius 3 is 2.75 bits per heavy atom. The molecule has 0 radical (unpaired) electrons. The van der Waals surface area contributed by atoms with Gasteiger partial charge < -0.3 is 10.6 Å². The van der Waals surface area contributed by atoms with Gasteiger partial charge in [0.05, 0.1) is 16.8 Å². The monoisotopic (exact) mass is 494 g/mol. The van der Waals surface area contributed by atoms with Crippen molar-refractivity contribution >= 4 is 38.8 Å². The zero-order chi connectivity index (χ0) is 22.3. The summed E-state index contributed by atoms with van der Waals surface area (Å²) >= 11 is 3.52. The summed E-state index contributed by atoms with van der Waals surface area (Å²) in [6.07, 6.45) is 7.88. The fraction of sp³-hybridized carbons (Fsp3) is 0.318. The maximum absolute atomic E-state index is 12.2. The minimum Gasteiger partial charge on any atom is -0.359 e. The molecule has 1 amide bonds. The van der Waals surface area contributed by atoms with Gasteiger partial charge in [0.2, 0.25) is 11.9 Å². The van der Waals surface area contributed by atoms with Gasteiger partial charge >= 0.3 is 0 Å². The molecule has 0 bridgehead atoms. The summed E-state index contributed by atoms with van der Waals surface area (Å²) in [5.74, 6) is 0.615. The number of hydrogen-bond acceptors (Lipinski definition) is 6. The second kappa shape index (κ2) is 8.01. The lowest BCUT2D eigenvalue weighted by Gasteiger charge is -2.22. The number of amides is 1. The van der Waals surface area contributed by atoms with Crippen LogP contribution >= 0.6 is 15.9 Å². The van der Waals surface area contributed by atoms with E-state index in [0.29, 0.717) is 16.2 Å². The quantitative estimate of drug-likeness (QED) is 0.440. The van der Waals surface area contributed by atoms with E-state index in [2.05, 4.69) is 41.7 Å². The number of rotatable bonds is 5. The molecule has 0 aliphatic heterocycles. The van der Waals surface area contributed by atoms with Gasteiger partial charge in [0.15, 0.2) is 5.65 Å². The Bertz CT molecular complexity index is 1270. The number of hydrogen-bond donors (Lipinski definition) is 2. The van der Waals surface area contributed by atoms with Gasteiger partial charge in [0, 0.05) is 37.1 Å². The summed E-state index contributed by atoms with van der Waals surface area (Å²) < 4.78 is 4.28. The van der Waals surface area contributed by atoms with Crippen molar-refractivity contribution in [3.8, 4) is 11.4 Å². The van der Waals surface area contributed by atoms with Crippen molar-refractivity contribution in [1.82, 2.24) is 34.8 Å².